The van der Waals surface area contributed by atoms with Crippen LogP contribution in [0.25, 0.3) is 16.9 Å². The van der Waals surface area contributed by atoms with Crippen molar-refractivity contribution in [1.29, 1.82) is 0 Å². The van der Waals surface area contributed by atoms with Gasteiger partial charge in [0, 0.05) is 23.7 Å². The number of anilines is 2. The molecule has 0 bridgehead atoms. The van der Waals surface area contributed by atoms with E-state index in [9.17, 15) is 0 Å². The SMILES string of the molecule is Nc1nc(N)c2nc(Cc3ccccn3)n(-c3ccsc3)c2n1. The van der Waals surface area contributed by atoms with Gasteiger partial charge in [0.2, 0.25) is 5.95 Å². The quantitative estimate of drug-likeness (QED) is 0.597. The van der Waals surface area contributed by atoms with Crippen molar-refractivity contribution >= 4 is 34.3 Å². The zero-order chi connectivity index (χ0) is 15.8. The maximum Gasteiger partial charge on any atom is 0.224 e. The normalized spacial score (nSPS) is 11.1. The van der Waals surface area contributed by atoms with E-state index in [1.54, 1.807) is 17.5 Å². The van der Waals surface area contributed by atoms with Crippen LogP contribution in [0.1, 0.15) is 11.5 Å². The maximum atomic E-state index is 5.97. The van der Waals surface area contributed by atoms with E-state index in [2.05, 4.69) is 19.9 Å². The number of aromatic nitrogens is 5. The van der Waals surface area contributed by atoms with Crippen LogP contribution in [0.15, 0.2) is 41.2 Å². The molecule has 4 rings (SSSR count). The fourth-order valence-electron chi connectivity index (χ4n) is 2.48. The number of pyridine rings is 1. The molecule has 0 saturated heterocycles. The van der Waals surface area contributed by atoms with Crippen LogP contribution < -0.4 is 11.5 Å². The minimum atomic E-state index is 0.135. The van der Waals surface area contributed by atoms with Crippen LogP contribution >= 0.6 is 11.3 Å². The Morgan fingerprint density at radius 3 is 2.74 bits per heavy atom. The summed E-state index contributed by atoms with van der Waals surface area (Å²) in [5.74, 6) is 1.21. The molecule has 4 aromatic heterocycles. The average molecular weight is 323 g/mol. The van der Waals surface area contributed by atoms with Gasteiger partial charge in [-0.15, -0.1) is 0 Å². The van der Waals surface area contributed by atoms with E-state index >= 15 is 0 Å². The summed E-state index contributed by atoms with van der Waals surface area (Å²) < 4.78 is 1.95. The number of hydrogen-bond acceptors (Lipinski definition) is 7. The average Bonchev–Trinajstić information content (AvgIpc) is 3.16. The van der Waals surface area contributed by atoms with Crippen molar-refractivity contribution in [1.82, 2.24) is 24.5 Å². The molecular weight excluding hydrogens is 310 g/mol. The Morgan fingerprint density at radius 1 is 1.09 bits per heavy atom. The van der Waals surface area contributed by atoms with Crippen molar-refractivity contribution in [2.24, 2.45) is 0 Å². The summed E-state index contributed by atoms with van der Waals surface area (Å²) >= 11 is 1.60. The van der Waals surface area contributed by atoms with Gasteiger partial charge in [-0.2, -0.15) is 21.3 Å². The Bertz CT molecular complexity index is 961. The second-order valence-electron chi connectivity index (χ2n) is 4.98. The maximum absolute atomic E-state index is 5.97. The fourth-order valence-corrected chi connectivity index (χ4v) is 3.10. The number of thiophene rings is 1. The molecule has 0 aliphatic carbocycles. The number of nitrogens with zero attached hydrogens (tertiary/aromatic N) is 5. The van der Waals surface area contributed by atoms with Crippen LogP contribution in [0, 0.1) is 0 Å². The zero-order valence-corrected chi connectivity index (χ0v) is 12.9. The molecule has 0 radical (unpaired) electrons. The summed E-state index contributed by atoms with van der Waals surface area (Å²) in [6.45, 7) is 0. The molecule has 0 amide bonds. The van der Waals surface area contributed by atoms with Crippen molar-refractivity contribution in [3.63, 3.8) is 0 Å². The van der Waals surface area contributed by atoms with Crippen molar-refractivity contribution in [3.05, 3.63) is 52.7 Å². The Labute approximate surface area is 135 Å². The second-order valence-corrected chi connectivity index (χ2v) is 5.76. The minimum absolute atomic E-state index is 0.135. The number of fused-ring (bicyclic) bond motifs is 1. The molecule has 114 valence electrons. The van der Waals surface area contributed by atoms with E-state index in [1.807, 2.05) is 39.6 Å². The van der Waals surface area contributed by atoms with E-state index < -0.39 is 0 Å². The molecule has 0 saturated carbocycles. The van der Waals surface area contributed by atoms with Gasteiger partial charge in [-0.05, 0) is 23.6 Å². The summed E-state index contributed by atoms with van der Waals surface area (Å²) in [4.78, 5) is 17.3. The summed E-state index contributed by atoms with van der Waals surface area (Å²) in [5.41, 5.74) is 14.8. The Hall–Kier alpha value is -3.00. The standard InChI is InChI=1S/C15H13N7S/c16-13-12-14(21-15(17)20-13)22(10-4-6-23-8-10)11(19-12)7-9-3-1-2-5-18-9/h1-6,8H,7H2,(H4,16,17,20,21). The van der Waals surface area contributed by atoms with Gasteiger partial charge in [-0.3, -0.25) is 9.55 Å². The lowest BCUT2D eigenvalue weighted by Crippen LogP contribution is -2.04. The molecular formula is C15H13N7S. The third-order valence-electron chi connectivity index (χ3n) is 3.45. The smallest absolute Gasteiger partial charge is 0.224 e. The van der Waals surface area contributed by atoms with Gasteiger partial charge in [0.15, 0.2) is 17.0 Å². The molecule has 4 N–H and O–H groups in total. The van der Waals surface area contributed by atoms with Gasteiger partial charge in [0.25, 0.3) is 0 Å². The van der Waals surface area contributed by atoms with E-state index in [1.165, 1.54) is 0 Å². The van der Waals surface area contributed by atoms with Crippen molar-refractivity contribution < 1.29 is 0 Å². The van der Waals surface area contributed by atoms with Gasteiger partial charge >= 0.3 is 0 Å². The molecule has 0 atom stereocenters. The molecule has 7 nitrogen and oxygen atoms in total. The monoisotopic (exact) mass is 323 g/mol. The van der Waals surface area contributed by atoms with Crippen LogP contribution in [0.5, 0.6) is 0 Å². The van der Waals surface area contributed by atoms with Gasteiger partial charge in [0.1, 0.15) is 5.82 Å². The summed E-state index contributed by atoms with van der Waals surface area (Å²) in [7, 11) is 0. The van der Waals surface area contributed by atoms with Crippen molar-refractivity contribution in [3.8, 4) is 5.69 Å². The highest BCUT2D eigenvalue weighted by atomic mass is 32.1. The first-order valence-electron chi connectivity index (χ1n) is 6.95. The zero-order valence-electron chi connectivity index (χ0n) is 12.0. The summed E-state index contributed by atoms with van der Waals surface area (Å²) in [5, 5.41) is 4.02. The Balaban J connectivity index is 1.96. The molecule has 0 spiro atoms. The molecule has 0 aliphatic heterocycles. The molecule has 4 aromatic rings. The first kappa shape index (κ1) is 13.6. The van der Waals surface area contributed by atoms with Gasteiger partial charge in [-0.1, -0.05) is 6.07 Å². The highest BCUT2D eigenvalue weighted by Gasteiger charge is 2.18. The second kappa shape index (κ2) is 5.33. The number of nitrogen functional groups attached to an aromatic ring is 2. The van der Waals surface area contributed by atoms with Crippen LogP contribution in [0.3, 0.4) is 0 Å². The molecule has 23 heavy (non-hydrogen) atoms. The lowest BCUT2D eigenvalue weighted by molar-refractivity contribution is 0.904. The molecule has 0 aliphatic rings. The third-order valence-corrected chi connectivity index (χ3v) is 4.12. The number of rotatable bonds is 3. The van der Waals surface area contributed by atoms with Crippen LogP contribution in [-0.2, 0) is 6.42 Å². The number of imidazole rings is 1. The Morgan fingerprint density at radius 2 is 2.00 bits per heavy atom. The van der Waals surface area contributed by atoms with Gasteiger partial charge in [-0.25, -0.2) is 4.98 Å². The molecule has 0 aromatic carbocycles. The third kappa shape index (κ3) is 2.38. The topological polar surface area (TPSA) is 109 Å². The predicted molar refractivity (Wildman–Crippen MR) is 90.4 cm³/mol. The van der Waals surface area contributed by atoms with Gasteiger partial charge in [0.05, 0.1) is 5.69 Å². The van der Waals surface area contributed by atoms with Crippen molar-refractivity contribution in [2.75, 3.05) is 11.5 Å². The van der Waals surface area contributed by atoms with E-state index in [0.29, 0.717) is 17.6 Å². The highest BCUT2D eigenvalue weighted by Crippen LogP contribution is 2.26. The minimum Gasteiger partial charge on any atom is -0.382 e. The first-order valence-corrected chi connectivity index (χ1v) is 7.89. The summed E-state index contributed by atoms with van der Waals surface area (Å²) in [6.07, 6.45) is 2.32. The molecule has 8 heteroatoms. The molecule has 4 heterocycles. The van der Waals surface area contributed by atoms with E-state index in [-0.39, 0.29) is 11.8 Å². The Kier molecular flexibility index (Phi) is 3.16. The first-order chi connectivity index (χ1) is 11.2. The number of hydrogen-bond donors (Lipinski definition) is 2. The largest absolute Gasteiger partial charge is 0.382 e. The van der Waals surface area contributed by atoms with E-state index in [0.717, 1.165) is 17.2 Å². The number of nitrogens with two attached hydrogens (primary N) is 2. The molecule has 0 unspecified atom stereocenters. The van der Waals surface area contributed by atoms with Crippen molar-refractivity contribution in [2.45, 2.75) is 6.42 Å². The lowest BCUT2D eigenvalue weighted by atomic mass is 10.2. The highest BCUT2D eigenvalue weighted by molar-refractivity contribution is 7.08. The molecule has 0 fully saturated rings. The van der Waals surface area contributed by atoms with Crippen LogP contribution in [-0.4, -0.2) is 24.5 Å². The van der Waals surface area contributed by atoms with Crippen LogP contribution in [0.4, 0.5) is 11.8 Å². The predicted octanol–water partition coefficient (Wildman–Crippen LogP) is 2.03. The van der Waals surface area contributed by atoms with Crippen LogP contribution in [0.2, 0.25) is 0 Å². The van der Waals surface area contributed by atoms with E-state index in [4.69, 9.17) is 11.5 Å². The fraction of sp³-hybridized carbons (Fsp3) is 0.0667. The lowest BCUT2D eigenvalue weighted by Gasteiger charge is -2.06. The summed E-state index contributed by atoms with van der Waals surface area (Å²) in [6, 6.07) is 7.80. The van der Waals surface area contributed by atoms with Gasteiger partial charge < -0.3 is 11.5 Å².